The Morgan fingerprint density at radius 1 is 1.48 bits per heavy atom. The molecule has 0 radical (unpaired) electrons. The van der Waals surface area contributed by atoms with Crippen LogP contribution in [-0.4, -0.2) is 32.2 Å². The summed E-state index contributed by atoms with van der Waals surface area (Å²) in [6, 6.07) is 0.0205. The molecule has 0 spiro atoms. The summed E-state index contributed by atoms with van der Waals surface area (Å²) >= 11 is 1.64. The first-order chi connectivity index (χ1) is 11.0. The number of urea groups is 1. The zero-order valence-electron chi connectivity index (χ0n) is 14.0. The number of aryl methyl sites for hydroxylation is 2. The van der Waals surface area contributed by atoms with E-state index in [-0.39, 0.29) is 18.0 Å². The van der Waals surface area contributed by atoms with Crippen LogP contribution in [0.25, 0.3) is 0 Å². The largest absolute Gasteiger partial charge is 0.322 e. The molecule has 2 aromatic heterocycles. The molecule has 0 unspecified atom stereocenters. The summed E-state index contributed by atoms with van der Waals surface area (Å²) in [6.45, 7) is 6.92. The van der Waals surface area contributed by atoms with Gasteiger partial charge in [0.25, 0.3) is 0 Å². The van der Waals surface area contributed by atoms with Crippen molar-refractivity contribution in [1.82, 2.24) is 19.7 Å². The van der Waals surface area contributed by atoms with E-state index in [1.54, 1.807) is 16.0 Å². The minimum atomic E-state index is -0.0620. The number of hydrogen-bond acceptors (Lipinski definition) is 4. The van der Waals surface area contributed by atoms with E-state index in [1.807, 2.05) is 25.1 Å². The smallest absolute Gasteiger partial charge is 0.316 e. The van der Waals surface area contributed by atoms with Crippen molar-refractivity contribution >= 4 is 23.1 Å². The lowest BCUT2D eigenvalue weighted by Crippen LogP contribution is -2.34. The standard InChI is InChI=1S/C16H23N5OS/c1-10(2)15-12(8-20(4)19-15)18-16(22)21-7-5-6-14(21)13-9-23-11(3)17-13/h8-10,14H,5-7H2,1-4H3,(H,18,22)/t14-/m1/s1. The number of likely N-dealkylation sites (tertiary alicyclic amines) is 1. The number of carbonyl (C=O) groups excluding carboxylic acids is 1. The normalized spacial score (nSPS) is 18.0. The third kappa shape index (κ3) is 3.24. The number of nitrogens with zero attached hydrogens (tertiary/aromatic N) is 4. The minimum absolute atomic E-state index is 0.0620. The van der Waals surface area contributed by atoms with Crippen LogP contribution in [0.4, 0.5) is 10.5 Å². The lowest BCUT2D eigenvalue weighted by atomic mass is 10.1. The number of hydrogen-bond donors (Lipinski definition) is 1. The van der Waals surface area contributed by atoms with E-state index < -0.39 is 0 Å². The highest BCUT2D eigenvalue weighted by Gasteiger charge is 2.32. The Balaban J connectivity index is 1.77. The molecule has 1 aliphatic rings. The fourth-order valence-corrected chi connectivity index (χ4v) is 3.73. The molecule has 0 aromatic carbocycles. The van der Waals surface area contributed by atoms with E-state index in [0.29, 0.717) is 0 Å². The van der Waals surface area contributed by atoms with Gasteiger partial charge in [0.1, 0.15) is 0 Å². The van der Waals surface area contributed by atoms with Crippen LogP contribution in [0.15, 0.2) is 11.6 Å². The number of thiazole rings is 1. The molecule has 6 nitrogen and oxygen atoms in total. The summed E-state index contributed by atoms with van der Waals surface area (Å²) in [6.07, 6.45) is 3.85. The first-order valence-electron chi connectivity index (χ1n) is 7.99. The van der Waals surface area contributed by atoms with E-state index in [2.05, 4.69) is 34.6 Å². The maximum absolute atomic E-state index is 12.7. The van der Waals surface area contributed by atoms with E-state index >= 15 is 0 Å². The van der Waals surface area contributed by atoms with Crippen LogP contribution < -0.4 is 5.32 Å². The van der Waals surface area contributed by atoms with Gasteiger partial charge in [0.15, 0.2) is 0 Å². The lowest BCUT2D eigenvalue weighted by Gasteiger charge is -2.23. The van der Waals surface area contributed by atoms with E-state index in [0.717, 1.165) is 41.5 Å². The van der Waals surface area contributed by atoms with Crippen LogP contribution in [-0.2, 0) is 7.05 Å². The van der Waals surface area contributed by atoms with Gasteiger partial charge in [0.2, 0.25) is 0 Å². The highest BCUT2D eigenvalue weighted by atomic mass is 32.1. The number of anilines is 1. The average molecular weight is 333 g/mol. The van der Waals surface area contributed by atoms with Gasteiger partial charge in [0, 0.05) is 25.2 Å². The quantitative estimate of drug-likeness (QED) is 0.932. The molecule has 3 rings (SSSR count). The predicted molar refractivity (Wildman–Crippen MR) is 91.8 cm³/mol. The van der Waals surface area contributed by atoms with Crippen LogP contribution in [0.1, 0.15) is 55.0 Å². The topological polar surface area (TPSA) is 63.1 Å². The van der Waals surface area contributed by atoms with Crippen molar-refractivity contribution in [3.05, 3.63) is 28.0 Å². The summed E-state index contributed by atoms with van der Waals surface area (Å²) < 4.78 is 1.75. The lowest BCUT2D eigenvalue weighted by molar-refractivity contribution is 0.206. The van der Waals surface area contributed by atoms with Gasteiger partial charge in [-0.05, 0) is 25.7 Å². The molecule has 0 bridgehead atoms. The Morgan fingerprint density at radius 3 is 2.91 bits per heavy atom. The molecule has 1 fully saturated rings. The van der Waals surface area contributed by atoms with Gasteiger partial charge in [-0.1, -0.05) is 13.8 Å². The molecule has 1 aliphatic heterocycles. The first kappa shape index (κ1) is 16.0. The van der Waals surface area contributed by atoms with Crippen molar-refractivity contribution in [2.45, 2.75) is 45.6 Å². The Labute approximate surface area is 140 Å². The molecule has 124 valence electrons. The highest BCUT2D eigenvalue weighted by molar-refractivity contribution is 7.09. The van der Waals surface area contributed by atoms with Crippen molar-refractivity contribution in [2.24, 2.45) is 7.05 Å². The molecule has 2 amide bonds. The highest BCUT2D eigenvalue weighted by Crippen LogP contribution is 2.33. The minimum Gasteiger partial charge on any atom is -0.316 e. The van der Waals surface area contributed by atoms with Gasteiger partial charge in [-0.25, -0.2) is 9.78 Å². The molecule has 23 heavy (non-hydrogen) atoms. The molecule has 1 N–H and O–H groups in total. The zero-order valence-corrected chi connectivity index (χ0v) is 14.9. The molecular weight excluding hydrogens is 310 g/mol. The third-order valence-electron chi connectivity index (χ3n) is 4.14. The predicted octanol–water partition coefficient (Wildman–Crippen LogP) is 3.68. The van der Waals surface area contributed by atoms with Crippen LogP contribution >= 0.6 is 11.3 Å². The fraction of sp³-hybridized carbons (Fsp3) is 0.562. The molecule has 1 saturated heterocycles. The Bertz CT molecular complexity index is 705. The molecule has 7 heteroatoms. The first-order valence-corrected chi connectivity index (χ1v) is 8.87. The summed E-state index contributed by atoms with van der Waals surface area (Å²) in [5, 5.41) is 10.6. The average Bonchev–Trinajstić information content (AvgIpc) is 3.17. The zero-order chi connectivity index (χ0) is 16.6. The number of carbonyl (C=O) groups is 1. The van der Waals surface area contributed by atoms with Gasteiger partial charge >= 0.3 is 6.03 Å². The van der Waals surface area contributed by atoms with Gasteiger partial charge in [-0.3, -0.25) is 4.68 Å². The number of amides is 2. The van der Waals surface area contributed by atoms with Gasteiger partial charge in [-0.15, -0.1) is 11.3 Å². The van der Waals surface area contributed by atoms with Gasteiger partial charge in [-0.2, -0.15) is 5.10 Å². The van der Waals surface area contributed by atoms with Crippen molar-refractivity contribution in [3.63, 3.8) is 0 Å². The van der Waals surface area contributed by atoms with E-state index in [4.69, 9.17) is 0 Å². The summed E-state index contributed by atoms with van der Waals surface area (Å²) in [4.78, 5) is 19.2. The second-order valence-electron chi connectivity index (χ2n) is 6.33. The molecule has 0 aliphatic carbocycles. The maximum atomic E-state index is 12.7. The molecular formula is C16H23N5OS. The van der Waals surface area contributed by atoms with Crippen molar-refractivity contribution < 1.29 is 4.79 Å². The van der Waals surface area contributed by atoms with Gasteiger partial charge in [0.05, 0.1) is 28.1 Å². The second kappa shape index (κ2) is 6.31. The molecule has 2 aromatic rings. The Hall–Kier alpha value is -1.89. The number of aromatic nitrogens is 3. The Morgan fingerprint density at radius 2 is 2.26 bits per heavy atom. The monoisotopic (exact) mass is 333 g/mol. The third-order valence-corrected chi connectivity index (χ3v) is 4.93. The van der Waals surface area contributed by atoms with Gasteiger partial charge < -0.3 is 10.2 Å². The fourth-order valence-electron chi connectivity index (χ4n) is 3.07. The van der Waals surface area contributed by atoms with Crippen LogP contribution in [0.3, 0.4) is 0 Å². The second-order valence-corrected chi connectivity index (χ2v) is 7.39. The van der Waals surface area contributed by atoms with Crippen molar-refractivity contribution in [1.29, 1.82) is 0 Å². The van der Waals surface area contributed by atoms with Crippen molar-refractivity contribution in [3.8, 4) is 0 Å². The van der Waals surface area contributed by atoms with Crippen LogP contribution in [0, 0.1) is 6.92 Å². The summed E-state index contributed by atoms with van der Waals surface area (Å²) in [5.41, 5.74) is 2.73. The van der Waals surface area contributed by atoms with Crippen LogP contribution in [0.5, 0.6) is 0 Å². The van der Waals surface area contributed by atoms with E-state index in [1.165, 1.54) is 0 Å². The van der Waals surface area contributed by atoms with E-state index in [9.17, 15) is 4.79 Å². The van der Waals surface area contributed by atoms with Crippen molar-refractivity contribution in [2.75, 3.05) is 11.9 Å². The summed E-state index contributed by atoms with van der Waals surface area (Å²) in [5.74, 6) is 0.266. The SMILES string of the molecule is Cc1nc([C@H]2CCCN2C(=O)Nc2cn(C)nc2C(C)C)cs1. The molecule has 3 heterocycles. The van der Waals surface area contributed by atoms with Crippen LogP contribution in [0.2, 0.25) is 0 Å². The molecule has 0 saturated carbocycles. The Kier molecular flexibility index (Phi) is 4.39. The number of rotatable bonds is 3. The molecule has 1 atom stereocenters. The summed E-state index contributed by atoms with van der Waals surface area (Å²) in [7, 11) is 1.87. The number of nitrogens with one attached hydrogen (secondary N) is 1. The maximum Gasteiger partial charge on any atom is 0.322 e.